The molecule has 29 heavy (non-hydrogen) atoms. The minimum Gasteiger partial charge on any atom is -0.484 e. The first kappa shape index (κ1) is 22.4. The second-order valence-electron chi connectivity index (χ2n) is 6.55. The fraction of sp³-hybridized carbons (Fsp3) is 0.381. The third-order valence-electron chi connectivity index (χ3n) is 4.15. The van der Waals surface area contributed by atoms with Crippen molar-refractivity contribution in [3.05, 3.63) is 53.6 Å². The smallest absolute Gasteiger partial charge is 0.418 e. The van der Waals surface area contributed by atoms with Crippen LogP contribution in [0.2, 0.25) is 0 Å². The number of carbonyl (C=O) groups excluding carboxylic acids is 1. The third kappa shape index (κ3) is 5.79. The summed E-state index contributed by atoms with van der Waals surface area (Å²) in [6.07, 6.45) is -4.91. The molecule has 0 saturated carbocycles. The van der Waals surface area contributed by atoms with E-state index in [-0.39, 0.29) is 11.4 Å². The number of nitrogens with one attached hydrogen (secondary N) is 1. The lowest BCUT2D eigenvalue weighted by molar-refractivity contribution is -0.137. The molecular weight excluding hydrogens is 385 g/mol. The molecule has 158 valence electrons. The quantitative estimate of drug-likeness (QED) is 0.634. The molecule has 0 fully saturated rings. The zero-order valence-corrected chi connectivity index (χ0v) is 16.8. The Balaban J connectivity index is 2.27. The van der Waals surface area contributed by atoms with Gasteiger partial charge in [0.1, 0.15) is 17.6 Å². The normalized spacial score (nSPS) is 12.2. The van der Waals surface area contributed by atoms with Crippen LogP contribution in [0.1, 0.15) is 37.5 Å². The Hall–Kier alpha value is -2.90. The van der Waals surface area contributed by atoms with E-state index in [1.54, 1.807) is 45.3 Å². The van der Waals surface area contributed by atoms with Crippen molar-refractivity contribution < 1.29 is 27.4 Å². The maximum Gasteiger partial charge on any atom is 0.418 e. The highest BCUT2D eigenvalue weighted by molar-refractivity contribution is 5.70. The Morgan fingerprint density at radius 2 is 1.76 bits per heavy atom. The van der Waals surface area contributed by atoms with E-state index < -0.39 is 23.9 Å². The number of para-hydroxylation sites is 1. The molecule has 2 aromatic rings. The molecule has 1 atom stereocenters. The third-order valence-corrected chi connectivity index (χ3v) is 4.15. The van der Waals surface area contributed by atoms with Gasteiger partial charge < -0.3 is 19.7 Å². The van der Waals surface area contributed by atoms with Gasteiger partial charge in [-0.3, -0.25) is 0 Å². The molecule has 0 bridgehead atoms. The van der Waals surface area contributed by atoms with Crippen molar-refractivity contribution in [2.45, 2.75) is 32.5 Å². The minimum atomic E-state index is -4.49. The van der Waals surface area contributed by atoms with Gasteiger partial charge in [0.05, 0.1) is 11.3 Å². The van der Waals surface area contributed by atoms with Crippen LogP contribution in [0.5, 0.6) is 11.5 Å². The molecule has 8 heteroatoms. The molecule has 0 aliphatic heterocycles. The van der Waals surface area contributed by atoms with Gasteiger partial charge in [0, 0.05) is 20.6 Å². The molecule has 0 radical (unpaired) electrons. The molecule has 0 saturated heterocycles. The van der Waals surface area contributed by atoms with Gasteiger partial charge in [-0.2, -0.15) is 13.2 Å². The highest BCUT2D eigenvalue weighted by atomic mass is 19.4. The molecule has 2 rings (SSSR count). The number of alkyl halides is 3. The maximum absolute atomic E-state index is 13.4. The summed E-state index contributed by atoms with van der Waals surface area (Å²) >= 11 is 0. The number of amides is 1. The van der Waals surface area contributed by atoms with Gasteiger partial charge in [-0.15, -0.1) is 0 Å². The monoisotopic (exact) mass is 410 g/mol. The first-order valence-corrected chi connectivity index (χ1v) is 9.27. The summed E-state index contributed by atoms with van der Waals surface area (Å²) in [5.74, 6) is 0.506. The summed E-state index contributed by atoms with van der Waals surface area (Å²) in [4.78, 5) is 12.9. The number of carbonyl (C=O) groups is 1. The van der Waals surface area contributed by atoms with E-state index in [9.17, 15) is 18.0 Å². The van der Waals surface area contributed by atoms with Crippen LogP contribution in [0.15, 0.2) is 42.5 Å². The summed E-state index contributed by atoms with van der Waals surface area (Å²) in [5, 5.41) is 2.77. The van der Waals surface area contributed by atoms with Gasteiger partial charge in [0.15, 0.2) is 0 Å². The lowest BCUT2D eigenvalue weighted by Crippen LogP contribution is -2.25. The Morgan fingerprint density at radius 1 is 1.10 bits per heavy atom. The fourth-order valence-electron chi connectivity index (χ4n) is 2.71. The second kappa shape index (κ2) is 9.54. The van der Waals surface area contributed by atoms with E-state index in [0.717, 1.165) is 11.6 Å². The topological polar surface area (TPSA) is 50.8 Å². The van der Waals surface area contributed by atoms with Crippen molar-refractivity contribution in [3.63, 3.8) is 0 Å². The summed E-state index contributed by atoms with van der Waals surface area (Å²) in [5.41, 5.74) is -0.0767. The van der Waals surface area contributed by atoms with E-state index in [2.05, 4.69) is 5.32 Å². The highest BCUT2D eigenvalue weighted by Crippen LogP contribution is 2.41. The van der Waals surface area contributed by atoms with Gasteiger partial charge in [-0.25, -0.2) is 4.79 Å². The summed E-state index contributed by atoms with van der Waals surface area (Å²) in [6, 6.07) is 10.6. The lowest BCUT2D eigenvalue weighted by atomic mass is 10.1. The Morgan fingerprint density at radius 3 is 2.28 bits per heavy atom. The Bertz CT molecular complexity index is 821. The Labute approximate surface area is 168 Å². The number of hydrogen-bond donors (Lipinski definition) is 1. The van der Waals surface area contributed by atoms with Crippen LogP contribution in [-0.4, -0.2) is 31.6 Å². The van der Waals surface area contributed by atoms with Crippen molar-refractivity contribution in [1.82, 2.24) is 4.90 Å². The van der Waals surface area contributed by atoms with Crippen LogP contribution >= 0.6 is 0 Å². The number of rotatable bonds is 7. The number of ether oxygens (including phenoxy) is 2. The molecule has 0 spiro atoms. The molecule has 5 nitrogen and oxygen atoms in total. The number of hydrogen-bond acceptors (Lipinski definition) is 4. The number of halogens is 3. The molecule has 0 aromatic heterocycles. The first-order chi connectivity index (χ1) is 13.7. The summed E-state index contributed by atoms with van der Waals surface area (Å²) in [7, 11) is 3.16. The van der Waals surface area contributed by atoms with Crippen molar-refractivity contribution >= 4 is 11.8 Å². The molecule has 0 aliphatic rings. The average Bonchev–Trinajstić information content (AvgIpc) is 2.67. The summed E-state index contributed by atoms with van der Waals surface area (Å²) < 4.78 is 51.2. The van der Waals surface area contributed by atoms with Crippen LogP contribution < -0.4 is 14.8 Å². The molecule has 0 heterocycles. The lowest BCUT2D eigenvalue weighted by Gasteiger charge is -2.23. The number of benzene rings is 2. The van der Waals surface area contributed by atoms with Crippen LogP contribution in [0, 0.1) is 0 Å². The predicted octanol–water partition coefficient (Wildman–Crippen LogP) is 5.73. The summed E-state index contributed by atoms with van der Waals surface area (Å²) in [6.45, 7) is 3.93. The predicted molar refractivity (Wildman–Crippen MR) is 105 cm³/mol. The minimum absolute atomic E-state index is 0.0718. The van der Waals surface area contributed by atoms with Gasteiger partial charge >= 0.3 is 12.3 Å². The van der Waals surface area contributed by atoms with Crippen LogP contribution in [-0.2, 0) is 6.18 Å². The standard InChI is InChI=1S/C21H25F3N2O3/c1-5-17(14-10-12-15(13-11-14)28-20(27)26(3)4)29-18-9-7-8-16(21(22,23)24)19(18)25-6-2/h7-13,17,25H,5-6H2,1-4H3. The van der Waals surface area contributed by atoms with Crippen molar-refractivity contribution in [3.8, 4) is 11.5 Å². The SMILES string of the molecule is CCNc1c(OC(CC)c2ccc(OC(=O)N(C)C)cc2)cccc1C(F)(F)F. The molecule has 1 amide bonds. The molecular formula is C21H25F3N2O3. The highest BCUT2D eigenvalue weighted by Gasteiger charge is 2.35. The van der Waals surface area contributed by atoms with Crippen molar-refractivity contribution in [1.29, 1.82) is 0 Å². The molecule has 0 aliphatic carbocycles. The Kier molecular flexibility index (Phi) is 7.36. The van der Waals surface area contributed by atoms with E-state index in [4.69, 9.17) is 9.47 Å². The van der Waals surface area contributed by atoms with Crippen molar-refractivity contribution in [2.75, 3.05) is 26.0 Å². The van der Waals surface area contributed by atoms with Crippen LogP contribution in [0.25, 0.3) is 0 Å². The van der Waals surface area contributed by atoms with Gasteiger partial charge in [-0.1, -0.05) is 25.1 Å². The van der Waals surface area contributed by atoms with Crippen LogP contribution in [0.3, 0.4) is 0 Å². The van der Waals surface area contributed by atoms with Crippen molar-refractivity contribution in [2.24, 2.45) is 0 Å². The maximum atomic E-state index is 13.4. The van der Waals surface area contributed by atoms with Gasteiger partial charge in [0.25, 0.3) is 0 Å². The first-order valence-electron chi connectivity index (χ1n) is 9.27. The second-order valence-corrected chi connectivity index (χ2v) is 6.55. The van der Waals surface area contributed by atoms with Crippen LogP contribution in [0.4, 0.5) is 23.7 Å². The van der Waals surface area contributed by atoms with E-state index in [0.29, 0.717) is 18.7 Å². The zero-order chi connectivity index (χ0) is 21.6. The number of anilines is 1. The van der Waals surface area contributed by atoms with Gasteiger partial charge in [-0.05, 0) is 43.2 Å². The zero-order valence-electron chi connectivity index (χ0n) is 16.8. The molecule has 1 unspecified atom stereocenters. The van der Waals surface area contributed by atoms with E-state index in [1.807, 2.05) is 6.92 Å². The van der Waals surface area contributed by atoms with E-state index in [1.165, 1.54) is 17.0 Å². The number of nitrogens with zero attached hydrogens (tertiary/aromatic N) is 1. The fourth-order valence-corrected chi connectivity index (χ4v) is 2.71. The van der Waals surface area contributed by atoms with E-state index >= 15 is 0 Å². The molecule has 2 aromatic carbocycles. The largest absolute Gasteiger partial charge is 0.484 e. The van der Waals surface area contributed by atoms with Gasteiger partial charge in [0.2, 0.25) is 0 Å². The average molecular weight is 410 g/mol. The molecule has 1 N–H and O–H groups in total.